The highest BCUT2D eigenvalue weighted by atomic mass is 16.2. The molecule has 1 aromatic carbocycles. The number of imidazole rings is 1. The van der Waals surface area contributed by atoms with E-state index in [2.05, 4.69) is 30.5 Å². The number of para-hydroxylation sites is 1. The minimum Gasteiger partial charge on any atom is -0.355 e. The first-order valence-electron chi connectivity index (χ1n) is 10.2. The normalized spacial score (nSPS) is 17.3. The Balaban J connectivity index is 0.00000144. The number of rotatable bonds is 3. The standard InChI is InChI=1S/C21H23N7O2.2H2/c1-3-22-19(29)18-26-15-16(27(18)2)23-12-24-17(15)28-10-8-21(9-11-28)13-6-4-5-7-14(13)25-20(21)30;;/h4-7,12H,3,8-11H2,1-2H3,(H,22,29)(H,25,30);2*1H. The van der Waals surface area contributed by atoms with E-state index in [-0.39, 0.29) is 14.7 Å². The Morgan fingerprint density at radius 2 is 2.03 bits per heavy atom. The van der Waals surface area contributed by atoms with Gasteiger partial charge in [0.2, 0.25) is 11.7 Å². The van der Waals surface area contributed by atoms with Crippen LogP contribution < -0.4 is 15.5 Å². The van der Waals surface area contributed by atoms with E-state index in [4.69, 9.17) is 0 Å². The van der Waals surface area contributed by atoms with Crippen molar-refractivity contribution in [1.29, 1.82) is 0 Å². The minimum absolute atomic E-state index is 0. The molecule has 1 saturated heterocycles. The number of nitrogens with one attached hydrogen (secondary N) is 2. The second kappa shape index (κ2) is 6.79. The molecule has 30 heavy (non-hydrogen) atoms. The maximum Gasteiger partial charge on any atom is 0.287 e. The Kier molecular flexibility index (Phi) is 4.19. The van der Waals surface area contributed by atoms with E-state index in [0.29, 0.717) is 55.3 Å². The second-order valence-corrected chi connectivity index (χ2v) is 7.79. The first-order chi connectivity index (χ1) is 14.5. The third kappa shape index (κ3) is 2.58. The molecular formula is C21H27N7O2. The largest absolute Gasteiger partial charge is 0.355 e. The van der Waals surface area contributed by atoms with Gasteiger partial charge in [-0.1, -0.05) is 18.2 Å². The van der Waals surface area contributed by atoms with E-state index in [0.717, 1.165) is 11.3 Å². The van der Waals surface area contributed by atoms with Crippen LogP contribution in [0.5, 0.6) is 0 Å². The molecule has 4 heterocycles. The molecular weight excluding hydrogens is 382 g/mol. The Morgan fingerprint density at radius 3 is 2.80 bits per heavy atom. The number of hydrogen-bond donors (Lipinski definition) is 2. The number of anilines is 2. The molecule has 0 aliphatic carbocycles. The van der Waals surface area contributed by atoms with Gasteiger partial charge in [-0.15, -0.1) is 0 Å². The third-order valence-electron chi connectivity index (χ3n) is 6.22. The van der Waals surface area contributed by atoms with E-state index in [1.54, 1.807) is 11.6 Å². The summed E-state index contributed by atoms with van der Waals surface area (Å²) in [4.78, 5) is 40.7. The Labute approximate surface area is 176 Å². The van der Waals surface area contributed by atoms with Gasteiger partial charge < -0.3 is 20.1 Å². The van der Waals surface area contributed by atoms with E-state index in [1.807, 2.05) is 31.2 Å². The molecule has 0 unspecified atom stereocenters. The molecule has 0 saturated carbocycles. The number of aryl methyl sites for hydroxylation is 1. The number of piperidine rings is 1. The van der Waals surface area contributed by atoms with Crippen LogP contribution in [0.15, 0.2) is 30.6 Å². The van der Waals surface area contributed by atoms with Crippen molar-refractivity contribution in [3.8, 4) is 0 Å². The summed E-state index contributed by atoms with van der Waals surface area (Å²) in [7, 11) is 1.78. The Morgan fingerprint density at radius 1 is 1.27 bits per heavy atom. The zero-order valence-electron chi connectivity index (χ0n) is 17.0. The molecule has 2 amide bonds. The van der Waals surface area contributed by atoms with E-state index in [1.165, 1.54) is 6.33 Å². The van der Waals surface area contributed by atoms with Crippen molar-refractivity contribution in [2.45, 2.75) is 25.2 Å². The van der Waals surface area contributed by atoms with Crippen molar-refractivity contribution < 1.29 is 12.4 Å². The minimum atomic E-state index is -0.491. The number of hydrogen-bond acceptors (Lipinski definition) is 6. The van der Waals surface area contributed by atoms with Crippen LogP contribution >= 0.6 is 0 Å². The Hall–Kier alpha value is -3.49. The first-order valence-corrected chi connectivity index (χ1v) is 10.2. The SMILES string of the molecule is CCNC(=O)c1nc2c(N3CCC4(CC3)C(=O)Nc3ccccc34)ncnc2n1C.[HH].[HH]. The van der Waals surface area contributed by atoms with Gasteiger partial charge in [-0.25, -0.2) is 15.0 Å². The van der Waals surface area contributed by atoms with Gasteiger partial charge in [0, 0.05) is 35.2 Å². The van der Waals surface area contributed by atoms with Gasteiger partial charge in [0.25, 0.3) is 5.91 Å². The summed E-state index contributed by atoms with van der Waals surface area (Å²) < 4.78 is 1.69. The van der Waals surface area contributed by atoms with Gasteiger partial charge in [0.15, 0.2) is 17.0 Å². The summed E-state index contributed by atoms with van der Waals surface area (Å²) in [6.07, 6.45) is 2.89. The van der Waals surface area contributed by atoms with Gasteiger partial charge in [-0.05, 0) is 31.4 Å². The molecule has 3 aromatic rings. The monoisotopic (exact) mass is 409 g/mol. The van der Waals surface area contributed by atoms with Crippen LogP contribution in [0.3, 0.4) is 0 Å². The summed E-state index contributed by atoms with van der Waals surface area (Å²) >= 11 is 0. The molecule has 158 valence electrons. The van der Waals surface area contributed by atoms with Crippen molar-refractivity contribution in [2.75, 3.05) is 29.9 Å². The maximum absolute atomic E-state index is 12.8. The average Bonchev–Trinajstić information content (AvgIpc) is 3.24. The van der Waals surface area contributed by atoms with Crippen molar-refractivity contribution >= 4 is 34.5 Å². The molecule has 9 heteroatoms. The van der Waals surface area contributed by atoms with Gasteiger partial charge in [-0.3, -0.25) is 9.59 Å². The summed E-state index contributed by atoms with van der Waals surface area (Å²) in [5.74, 6) is 0.854. The number of carbonyl (C=O) groups is 2. The number of nitrogens with zero attached hydrogens (tertiary/aromatic N) is 5. The van der Waals surface area contributed by atoms with Crippen LogP contribution in [-0.4, -0.2) is 51.0 Å². The van der Waals surface area contributed by atoms with Crippen molar-refractivity contribution in [1.82, 2.24) is 24.8 Å². The van der Waals surface area contributed by atoms with Gasteiger partial charge >= 0.3 is 0 Å². The lowest BCUT2D eigenvalue weighted by Crippen LogP contribution is -2.46. The predicted octanol–water partition coefficient (Wildman–Crippen LogP) is 2.10. The highest BCUT2D eigenvalue weighted by Gasteiger charge is 2.48. The highest BCUT2D eigenvalue weighted by molar-refractivity contribution is 6.06. The third-order valence-corrected chi connectivity index (χ3v) is 6.22. The number of aromatic nitrogens is 4. The van der Waals surface area contributed by atoms with Gasteiger partial charge in [-0.2, -0.15) is 0 Å². The summed E-state index contributed by atoms with van der Waals surface area (Å²) in [5, 5.41) is 5.82. The van der Waals surface area contributed by atoms with E-state index >= 15 is 0 Å². The van der Waals surface area contributed by atoms with Crippen LogP contribution in [-0.2, 0) is 17.3 Å². The fourth-order valence-electron chi connectivity index (χ4n) is 4.63. The fraction of sp³-hybridized carbons (Fsp3) is 0.381. The second-order valence-electron chi connectivity index (χ2n) is 7.79. The molecule has 2 aliphatic heterocycles. The zero-order chi connectivity index (χ0) is 20.9. The van der Waals surface area contributed by atoms with E-state index in [9.17, 15) is 9.59 Å². The molecule has 2 N–H and O–H groups in total. The van der Waals surface area contributed by atoms with Crippen molar-refractivity contribution in [3.05, 3.63) is 42.0 Å². The topological polar surface area (TPSA) is 105 Å². The molecule has 1 fully saturated rings. The lowest BCUT2D eigenvalue weighted by atomic mass is 9.73. The molecule has 0 radical (unpaired) electrons. The highest BCUT2D eigenvalue weighted by Crippen LogP contribution is 2.45. The van der Waals surface area contributed by atoms with Crippen LogP contribution in [0.1, 0.15) is 38.8 Å². The van der Waals surface area contributed by atoms with Gasteiger partial charge in [0.1, 0.15) is 6.33 Å². The lowest BCUT2D eigenvalue weighted by molar-refractivity contribution is -0.121. The smallest absolute Gasteiger partial charge is 0.287 e. The number of benzene rings is 1. The summed E-state index contributed by atoms with van der Waals surface area (Å²) in [6, 6.07) is 7.93. The molecule has 5 rings (SSSR count). The predicted molar refractivity (Wildman–Crippen MR) is 117 cm³/mol. The van der Waals surface area contributed by atoms with Crippen LogP contribution in [0.25, 0.3) is 11.2 Å². The van der Waals surface area contributed by atoms with Crippen molar-refractivity contribution in [3.63, 3.8) is 0 Å². The van der Waals surface area contributed by atoms with Gasteiger partial charge in [0.05, 0.1) is 5.41 Å². The maximum atomic E-state index is 12.8. The molecule has 1 spiro atoms. The molecule has 2 aromatic heterocycles. The van der Waals surface area contributed by atoms with Crippen molar-refractivity contribution in [2.24, 2.45) is 7.05 Å². The number of fused-ring (bicyclic) bond motifs is 3. The van der Waals surface area contributed by atoms with Crippen LogP contribution in [0.2, 0.25) is 0 Å². The first kappa shape index (κ1) is 18.5. The fourth-order valence-corrected chi connectivity index (χ4v) is 4.63. The van der Waals surface area contributed by atoms with E-state index < -0.39 is 5.41 Å². The summed E-state index contributed by atoms with van der Waals surface area (Å²) in [5.41, 5.74) is 2.73. The Bertz CT molecular complexity index is 1170. The van der Waals surface area contributed by atoms with Crippen LogP contribution in [0.4, 0.5) is 11.5 Å². The lowest BCUT2D eigenvalue weighted by Gasteiger charge is -2.38. The molecule has 9 nitrogen and oxygen atoms in total. The number of carbonyl (C=O) groups excluding carboxylic acids is 2. The quantitative estimate of drug-likeness (QED) is 0.686. The van der Waals surface area contributed by atoms with Crippen LogP contribution in [0, 0.1) is 0 Å². The average molecular weight is 409 g/mol. The molecule has 2 aliphatic rings. The zero-order valence-corrected chi connectivity index (χ0v) is 17.0. The molecule has 0 bridgehead atoms. The molecule has 0 atom stereocenters. The summed E-state index contributed by atoms with van der Waals surface area (Å²) in [6.45, 7) is 3.73. The number of amides is 2.